The van der Waals surface area contributed by atoms with Crippen LogP contribution in [0.25, 0.3) is 0 Å². The number of hydrogen-bond acceptors (Lipinski definition) is 3. The van der Waals surface area contributed by atoms with E-state index in [1.165, 1.54) is 6.07 Å². The molecule has 0 aliphatic heterocycles. The molecule has 0 spiro atoms. The van der Waals surface area contributed by atoms with Gasteiger partial charge in [0.15, 0.2) is 0 Å². The first-order valence-electron chi connectivity index (χ1n) is 7.91. The molecule has 2 aromatic carbocycles. The van der Waals surface area contributed by atoms with Crippen LogP contribution in [0.5, 0.6) is 5.75 Å². The molecule has 0 saturated carbocycles. The Morgan fingerprint density at radius 2 is 1.80 bits per heavy atom. The Labute approximate surface area is 151 Å². The largest absolute Gasteiger partial charge is 0.494 e. The highest BCUT2D eigenvalue weighted by Gasteiger charge is 2.15. The number of carboxylic acids is 1. The highest BCUT2D eigenvalue weighted by Crippen LogP contribution is 2.15. The molecule has 0 fully saturated rings. The van der Waals surface area contributed by atoms with Gasteiger partial charge >= 0.3 is 5.97 Å². The summed E-state index contributed by atoms with van der Waals surface area (Å²) in [5.74, 6) is -0.420. The van der Waals surface area contributed by atoms with E-state index >= 15 is 0 Å². The summed E-state index contributed by atoms with van der Waals surface area (Å²) >= 11 is 5.81. The predicted molar refractivity (Wildman–Crippen MR) is 96.3 cm³/mol. The molecule has 0 atom stereocenters. The van der Waals surface area contributed by atoms with E-state index < -0.39 is 5.97 Å². The lowest BCUT2D eigenvalue weighted by atomic mass is 10.0. The lowest BCUT2D eigenvalue weighted by molar-refractivity contribution is -0.129. The number of benzene rings is 2. The van der Waals surface area contributed by atoms with Gasteiger partial charge in [-0.15, -0.1) is 0 Å². The Bertz CT molecular complexity index is 730. The minimum absolute atomic E-state index is 0.0665. The van der Waals surface area contributed by atoms with Crippen molar-refractivity contribution in [2.75, 3.05) is 20.2 Å². The maximum atomic E-state index is 12.3. The summed E-state index contributed by atoms with van der Waals surface area (Å²) in [7, 11) is 1.70. The Morgan fingerprint density at radius 1 is 1.12 bits per heavy atom. The van der Waals surface area contributed by atoms with Crippen LogP contribution in [-0.4, -0.2) is 42.1 Å². The van der Waals surface area contributed by atoms with E-state index in [2.05, 4.69) is 0 Å². The van der Waals surface area contributed by atoms with Crippen molar-refractivity contribution in [3.63, 3.8) is 0 Å². The minimum atomic E-state index is -1.03. The number of amides is 1. The van der Waals surface area contributed by atoms with Crippen molar-refractivity contribution in [2.24, 2.45) is 0 Å². The maximum absolute atomic E-state index is 12.3. The monoisotopic (exact) mass is 361 g/mol. The second-order valence-corrected chi connectivity index (χ2v) is 6.05. The van der Waals surface area contributed by atoms with E-state index in [4.69, 9.17) is 21.4 Å². The Kier molecular flexibility index (Phi) is 6.83. The van der Waals surface area contributed by atoms with Crippen molar-refractivity contribution >= 4 is 23.5 Å². The molecule has 132 valence electrons. The first-order chi connectivity index (χ1) is 12.0. The van der Waals surface area contributed by atoms with Crippen LogP contribution in [0.1, 0.15) is 22.3 Å². The first kappa shape index (κ1) is 18.8. The quantitative estimate of drug-likeness (QED) is 0.731. The molecule has 5 nitrogen and oxygen atoms in total. The molecular formula is C19H20ClNO4. The van der Waals surface area contributed by atoms with Crippen LogP contribution < -0.4 is 4.74 Å². The molecule has 1 amide bonds. The van der Waals surface area contributed by atoms with E-state index in [9.17, 15) is 9.59 Å². The summed E-state index contributed by atoms with van der Waals surface area (Å²) in [5.41, 5.74) is 0.680. The molecule has 2 aromatic rings. The van der Waals surface area contributed by atoms with Gasteiger partial charge in [-0.3, -0.25) is 4.79 Å². The van der Waals surface area contributed by atoms with Crippen LogP contribution in [0.3, 0.4) is 0 Å². The number of ether oxygens (including phenoxy) is 1. The number of hydrogen-bond donors (Lipinski definition) is 1. The fraction of sp³-hybridized carbons (Fsp3) is 0.263. The van der Waals surface area contributed by atoms with Crippen LogP contribution in [0.15, 0.2) is 48.5 Å². The Hall–Kier alpha value is -2.53. The van der Waals surface area contributed by atoms with Crippen LogP contribution in [-0.2, 0) is 11.2 Å². The van der Waals surface area contributed by atoms with Crippen LogP contribution >= 0.6 is 11.6 Å². The molecular weight excluding hydrogens is 342 g/mol. The van der Waals surface area contributed by atoms with Crippen LogP contribution in [0, 0.1) is 0 Å². The lowest BCUT2D eigenvalue weighted by Gasteiger charge is -2.18. The zero-order valence-corrected chi connectivity index (χ0v) is 14.7. The van der Waals surface area contributed by atoms with Crippen molar-refractivity contribution in [3.05, 3.63) is 64.7 Å². The third-order valence-electron chi connectivity index (χ3n) is 3.74. The molecule has 0 aliphatic rings. The summed E-state index contributed by atoms with van der Waals surface area (Å²) in [6.07, 6.45) is 0.739. The summed E-state index contributed by atoms with van der Waals surface area (Å²) < 4.78 is 5.59. The van der Waals surface area contributed by atoms with Gasteiger partial charge in [0, 0.05) is 18.6 Å². The first-order valence-corrected chi connectivity index (χ1v) is 8.28. The van der Waals surface area contributed by atoms with E-state index in [0.29, 0.717) is 30.2 Å². The molecule has 2 rings (SSSR count). The van der Waals surface area contributed by atoms with Gasteiger partial charge in [-0.25, -0.2) is 4.79 Å². The smallest absolute Gasteiger partial charge is 0.335 e. The molecule has 25 heavy (non-hydrogen) atoms. The lowest BCUT2D eigenvalue weighted by Crippen LogP contribution is -2.30. The van der Waals surface area contributed by atoms with Crippen molar-refractivity contribution in [2.45, 2.75) is 12.8 Å². The van der Waals surface area contributed by atoms with Crippen LogP contribution in [0.2, 0.25) is 5.02 Å². The maximum Gasteiger partial charge on any atom is 0.335 e. The fourth-order valence-corrected chi connectivity index (χ4v) is 2.45. The zero-order chi connectivity index (χ0) is 18.2. The van der Waals surface area contributed by atoms with Gasteiger partial charge in [0.05, 0.1) is 18.6 Å². The van der Waals surface area contributed by atoms with Crippen molar-refractivity contribution < 1.29 is 19.4 Å². The second kappa shape index (κ2) is 9.08. The number of carboxylic acid groups (broad SMARTS) is 1. The molecule has 0 saturated heterocycles. The minimum Gasteiger partial charge on any atom is -0.494 e. The van der Waals surface area contributed by atoms with Gasteiger partial charge < -0.3 is 14.7 Å². The van der Waals surface area contributed by atoms with E-state index in [0.717, 1.165) is 5.75 Å². The number of carbonyl (C=O) groups excluding carboxylic acids is 1. The predicted octanol–water partition coefficient (Wildman–Crippen LogP) is 3.51. The Morgan fingerprint density at radius 3 is 2.48 bits per heavy atom. The van der Waals surface area contributed by atoms with E-state index in [1.54, 1.807) is 54.4 Å². The number of likely N-dealkylation sites (N-methyl/N-ethyl adjacent to an activating group) is 1. The number of nitrogens with zero attached hydrogens (tertiary/aromatic N) is 1. The van der Waals surface area contributed by atoms with Crippen molar-refractivity contribution in [1.82, 2.24) is 4.90 Å². The van der Waals surface area contributed by atoms with Crippen LogP contribution in [0.4, 0.5) is 0 Å². The van der Waals surface area contributed by atoms with E-state index in [-0.39, 0.29) is 17.9 Å². The molecule has 0 aliphatic carbocycles. The summed E-state index contributed by atoms with van der Waals surface area (Å²) in [6.45, 7) is 1.01. The van der Waals surface area contributed by atoms with Gasteiger partial charge in [0.1, 0.15) is 5.75 Å². The highest BCUT2D eigenvalue weighted by atomic mass is 35.5. The zero-order valence-electron chi connectivity index (χ0n) is 13.9. The molecule has 0 heterocycles. The van der Waals surface area contributed by atoms with Crippen molar-refractivity contribution in [3.8, 4) is 5.75 Å². The topological polar surface area (TPSA) is 66.8 Å². The average molecular weight is 362 g/mol. The molecule has 0 unspecified atom stereocenters. The standard InChI is InChI=1S/C19H20ClNO4/c1-21(11-4-12-25-16-9-7-15(20)8-10-16)18(22)13-14-5-2-3-6-17(14)19(23)24/h2-3,5-10H,4,11-13H2,1H3,(H,23,24). The normalized spacial score (nSPS) is 10.3. The number of aromatic carboxylic acids is 1. The van der Waals surface area contributed by atoms with Gasteiger partial charge in [-0.2, -0.15) is 0 Å². The average Bonchev–Trinajstić information content (AvgIpc) is 2.60. The summed E-state index contributed by atoms with van der Waals surface area (Å²) in [6, 6.07) is 13.6. The van der Waals surface area contributed by atoms with Gasteiger partial charge in [-0.05, 0) is 42.3 Å². The number of carbonyl (C=O) groups is 2. The van der Waals surface area contributed by atoms with Gasteiger partial charge in [0.25, 0.3) is 0 Å². The van der Waals surface area contributed by atoms with Gasteiger partial charge in [0.2, 0.25) is 5.91 Å². The molecule has 0 radical (unpaired) electrons. The van der Waals surface area contributed by atoms with E-state index in [1.807, 2.05) is 0 Å². The van der Waals surface area contributed by atoms with Gasteiger partial charge in [-0.1, -0.05) is 29.8 Å². The molecule has 1 N–H and O–H groups in total. The molecule has 6 heteroatoms. The number of rotatable bonds is 8. The SMILES string of the molecule is CN(CCCOc1ccc(Cl)cc1)C(=O)Cc1ccccc1C(=O)O. The fourth-order valence-electron chi connectivity index (χ4n) is 2.33. The summed E-state index contributed by atoms with van der Waals surface area (Å²) in [5, 5.41) is 9.82. The third kappa shape index (κ3) is 5.80. The molecule has 0 aromatic heterocycles. The highest BCUT2D eigenvalue weighted by molar-refractivity contribution is 6.30. The third-order valence-corrected chi connectivity index (χ3v) is 3.99. The molecule has 0 bridgehead atoms. The summed E-state index contributed by atoms with van der Waals surface area (Å²) in [4.78, 5) is 25.0. The number of halogens is 1. The second-order valence-electron chi connectivity index (χ2n) is 5.61. The Balaban J connectivity index is 1.78. The van der Waals surface area contributed by atoms with Crippen molar-refractivity contribution in [1.29, 1.82) is 0 Å².